The molecule has 2 bridgehead atoms. The molecule has 3 rings (SSSR count). The molecule has 98 valence electrons. The third kappa shape index (κ3) is 1.92. The monoisotopic (exact) mass is 248 g/mol. The van der Waals surface area contributed by atoms with Gasteiger partial charge in [0.2, 0.25) is 0 Å². The number of hydrogen-bond acceptors (Lipinski definition) is 4. The number of anilines is 1. The summed E-state index contributed by atoms with van der Waals surface area (Å²) in [6.45, 7) is 2.00. The lowest BCUT2D eigenvalue weighted by molar-refractivity contribution is 0.411. The maximum absolute atomic E-state index is 11.7. The topological polar surface area (TPSA) is 75.0 Å². The number of aromatic amines is 1. The Morgan fingerprint density at radius 2 is 2.11 bits per heavy atom. The Bertz CT molecular complexity index is 484. The zero-order valence-electron chi connectivity index (χ0n) is 10.7. The molecule has 5 nitrogen and oxygen atoms in total. The Morgan fingerprint density at radius 3 is 2.72 bits per heavy atom. The van der Waals surface area contributed by atoms with E-state index in [-0.39, 0.29) is 5.56 Å². The van der Waals surface area contributed by atoms with Gasteiger partial charge in [-0.2, -0.15) is 0 Å². The van der Waals surface area contributed by atoms with Crippen LogP contribution in [-0.4, -0.2) is 28.1 Å². The molecule has 18 heavy (non-hydrogen) atoms. The van der Waals surface area contributed by atoms with E-state index >= 15 is 0 Å². The van der Waals surface area contributed by atoms with Gasteiger partial charge in [0.1, 0.15) is 11.6 Å². The first-order valence-corrected chi connectivity index (χ1v) is 6.81. The van der Waals surface area contributed by atoms with Gasteiger partial charge in [-0.05, 0) is 25.7 Å². The summed E-state index contributed by atoms with van der Waals surface area (Å²) >= 11 is 0. The van der Waals surface area contributed by atoms with Crippen LogP contribution in [0.1, 0.15) is 38.4 Å². The molecule has 2 saturated heterocycles. The van der Waals surface area contributed by atoms with Crippen molar-refractivity contribution < 1.29 is 0 Å². The molecule has 1 aromatic heterocycles. The minimum atomic E-state index is -0.0499. The summed E-state index contributed by atoms with van der Waals surface area (Å²) in [5, 5.41) is 0. The van der Waals surface area contributed by atoms with E-state index in [2.05, 4.69) is 14.9 Å². The molecule has 0 aliphatic carbocycles. The SMILES string of the molecule is CCc1nc(N2C3CCC2CC(N)C3)cc(=O)[nH]1. The average molecular weight is 248 g/mol. The zero-order valence-corrected chi connectivity index (χ0v) is 10.7. The molecule has 2 atom stereocenters. The van der Waals surface area contributed by atoms with Gasteiger partial charge in [0.05, 0.1) is 0 Å². The van der Waals surface area contributed by atoms with E-state index in [1.54, 1.807) is 6.07 Å². The molecule has 3 N–H and O–H groups in total. The number of nitrogens with one attached hydrogen (secondary N) is 1. The van der Waals surface area contributed by atoms with E-state index in [1.807, 2.05) is 6.92 Å². The lowest BCUT2D eigenvalue weighted by Crippen LogP contribution is -2.48. The van der Waals surface area contributed by atoms with E-state index < -0.39 is 0 Å². The van der Waals surface area contributed by atoms with E-state index in [4.69, 9.17) is 5.73 Å². The number of H-pyrrole nitrogens is 1. The summed E-state index contributed by atoms with van der Waals surface area (Å²) in [6, 6.07) is 2.88. The van der Waals surface area contributed by atoms with Crippen molar-refractivity contribution in [2.45, 2.75) is 57.2 Å². The molecule has 0 spiro atoms. The molecule has 0 saturated carbocycles. The summed E-state index contributed by atoms with van der Waals surface area (Å²) < 4.78 is 0. The van der Waals surface area contributed by atoms with Gasteiger partial charge < -0.3 is 15.6 Å². The first-order chi connectivity index (χ1) is 8.67. The molecule has 5 heteroatoms. The fourth-order valence-electron chi connectivity index (χ4n) is 3.39. The second-order valence-electron chi connectivity index (χ2n) is 5.43. The normalized spacial score (nSPS) is 30.8. The van der Waals surface area contributed by atoms with Crippen molar-refractivity contribution in [1.82, 2.24) is 9.97 Å². The lowest BCUT2D eigenvalue weighted by Gasteiger charge is -2.38. The van der Waals surface area contributed by atoms with Crippen molar-refractivity contribution in [3.8, 4) is 0 Å². The summed E-state index contributed by atoms with van der Waals surface area (Å²) in [5.74, 6) is 1.61. The van der Waals surface area contributed by atoms with Crippen molar-refractivity contribution in [3.05, 3.63) is 22.2 Å². The van der Waals surface area contributed by atoms with Crippen LogP contribution in [-0.2, 0) is 6.42 Å². The predicted octanol–water partition coefficient (Wildman–Crippen LogP) is 0.791. The predicted molar refractivity (Wildman–Crippen MR) is 70.7 cm³/mol. The largest absolute Gasteiger partial charge is 0.350 e. The van der Waals surface area contributed by atoms with Crippen LogP contribution in [0.4, 0.5) is 5.82 Å². The molecule has 0 radical (unpaired) electrons. The number of nitrogens with zero attached hydrogens (tertiary/aromatic N) is 2. The number of nitrogens with two attached hydrogens (primary N) is 1. The number of fused-ring (bicyclic) bond motifs is 2. The van der Waals surface area contributed by atoms with Crippen molar-refractivity contribution in [2.75, 3.05) is 4.90 Å². The number of hydrogen-bond donors (Lipinski definition) is 2. The van der Waals surface area contributed by atoms with Gasteiger partial charge in [-0.15, -0.1) is 0 Å². The van der Waals surface area contributed by atoms with Gasteiger partial charge in [0.15, 0.2) is 0 Å². The third-order valence-corrected chi connectivity index (χ3v) is 4.15. The minimum absolute atomic E-state index is 0.0499. The molecule has 0 amide bonds. The standard InChI is InChI=1S/C13H20N4O/c1-2-11-15-12(7-13(18)16-11)17-9-3-4-10(17)6-8(14)5-9/h7-10H,2-6,14H2,1H3,(H,15,16,18). The Morgan fingerprint density at radius 1 is 1.44 bits per heavy atom. The Kier molecular flexibility index (Phi) is 2.86. The van der Waals surface area contributed by atoms with Gasteiger partial charge in [-0.3, -0.25) is 4.79 Å². The van der Waals surface area contributed by atoms with E-state index in [0.29, 0.717) is 18.1 Å². The van der Waals surface area contributed by atoms with Gasteiger partial charge in [0.25, 0.3) is 5.56 Å². The summed E-state index contributed by atoms with van der Waals surface area (Å²) in [7, 11) is 0. The maximum Gasteiger partial charge on any atom is 0.252 e. The number of aryl methyl sites for hydroxylation is 1. The quantitative estimate of drug-likeness (QED) is 0.811. The van der Waals surface area contributed by atoms with Crippen LogP contribution in [0.25, 0.3) is 0 Å². The first kappa shape index (κ1) is 11.7. The molecule has 2 fully saturated rings. The number of piperidine rings is 1. The second kappa shape index (κ2) is 4.39. The van der Waals surface area contributed by atoms with E-state index in [9.17, 15) is 4.79 Å². The third-order valence-electron chi connectivity index (χ3n) is 4.15. The molecule has 3 heterocycles. The van der Waals surface area contributed by atoms with Crippen LogP contribution < -0.4 is 16.2 Å². The zero-order chi connectivity index (χ0) is 12.7. The van der Waals surface area contributed by atoms with Gasteiger partial charge >= 0.3 is 0 Å². The molecular formula is C13H20N4O. The maximum atomic E-state index is 11.7. The van der Waals surface area contributed by atoms with Crippen LogP contribution >= 0.6 is 0 Å². The molecule has 2 aliphatic heterocycles. The van der Waals surface area contributed by atoms with Crippen LogP contribution in [0.5, 0.6) is 0 Å². The smallest absolute Gasteiger partial charge is 0.252 e. The van der Waals surface area contributed by atoms with Gasteiger partial charge in [-0.1, -0.05) is 6.92 Å². The Balaban J connectivity index is 1.96. The van der Waals surface area contributed by atoms with Crippen molar-refractivity contribution >= 4 is 5.82 Å². The fraction of sp³-hybridized carbons (Fsp3) is 0.692. The van der Waals surface area contributed by atoms with E-state index in [1.165, 1.54) is 12.8 Å². The molecule has 0 aromatic carbocycles. The number of rotatable bonds is 2. The van der Waals surface area contributed by atoms with Crippen molar-refractivity contribution in [1.29, 1.82) is 0 Å². The summed E-state index contributed by atoms with van der Waals surface area (Å²) in [6.07, 6.45) is 5.15. The van der Waals surface area contributed by atoms with Crippen LogP contribution in [0.3, 0.4) is 0 Å². The van der Waals surface area contributed by atoms with Crippen molar-refractivity contribution in [2.24, 2.45) is 5.73 Å². The number of aromatic nitrogens is 2. The van der Waals surface area contributed by atoms with Crippen LogP contribution in [0.15, 0.2) is 10.9 Å². The molecule has 1 aromatic rings. The average Bonchev–Trinajstić information content (AvgIpc) is 2.61. The van der Waals surface area contributed by atoms with Crippen molar-refractivity contribution in [3.63, 3.8) is 0 Å². The highest BCUT2D eigenvalue weighted by Crippen LogP contribution is 2.37. The van der Waals surface area contributed by atoms with Crippen LogP contribution in [0.2, 0.25) is 0 Å². The fourth-order valence-corrected chi connectivity index (χ4v) is 3.39. The highest BCUT2D eigenvalue weighted by Gasteiger charge is 2.40. The molecule has 2 unspecified atom stereocenters. The summed E-state index contributed by atoms with van der Waals surface area (Å²) in [4.78, 5) is 21.3. The Labute approximate surface area is 106 Å². The lowest BCUT2D eigenvalue weighted by atomic mass is 9.98. The highest BCUT2D eigenvalue weighted by atomic mass is 16.1. The van der Waals surface area contributed by atoms with Crippen LogP contribution in [0, 0.1) is 0 Å². The summed E-state index contributed by atoms with van der Waals surface area (Å²) in [5.41, 5.74) is 6.02. The highest BCUT2D eigenvalue weighted by molar-refractivity contribution is 5.43. The Hall–Kier alpha value is -1.36. The first-order valence-electron chi connectivity index (χ1n) is 6.81. The van der Waals surface area contributed by atoms with Gasteiger partial charge in [-0.25, -0.2) is 4.98 Å². The van der Waals surface area contributed by atoms with Gasteiger partial charge in [0, 0.05) is 30.6 Å². The molecular weight excluding hydrogens is 228 g/mol. The minimum Gasteiger partial charge on any atom is -0.350 e. The van der Waals surface area contributed by atoms with E-state index in [0.717, 1.165) is 30.9 Å². The molecule has 2 aliphatic rings. The second-order valence-corrected chi connectivity index (χ2v) is 5.43.